The maximum Gasteiger partial charge on any atom is 0.407 e. The first-order valence-electron chi connectivity index (χ1n) is 15.0. The highest BCUT2D eigenvalue weighted by Gasteiger charge is 2.41. The Bertz CT molecular complexity index is 1380. The quantitative estimate of drug-likeness (QED) is 0.371. The number of nitrogens with two attached hydrogens (primary N) is 1. The topological polar surface area (TPSA) is 152 Å². The molecule has 1 saturated heterocycles. The van der Waals surface area contributed by atoms with Gasteiger partial charge in [0.2, 0.25) is 11.9 Å². The summed E-state index contributed by atoms with van der Waals surface area (Å²) < 4.78 is 5.43. The molecule has 2 aliphatic heterocycles. The molecule has 0 radical (unpaired) electrons. The largest absolute Gasteiger partial charge is 0.444 e. The van der Waals surface area contributed by atoms with Gasteiger partial charge in [0.25, 0.3) is 5.91 Å². The second-order valence-corrected chi connectivity index (χ2v) is 13.3. The fourth-order valence-electron chi connectivity index (χ4n) is 6.18. The molecule has 5 N–H and O–H groups in total. The smallest absolute Gasteiger partial charge is 0.407 e. The zero-order chi connectivity index (χ0) is 30.2. The van der Waals surface area contributed by atoms with Gasteiger partial charge in [-0.2, -0.15) is 4.98 Å². The zero-order valence-electron chi connectivity index (χ0n) is 25.3. The van der Waals surface area contributed by atoms with Crippen molar-refractivity contribution in [2.75, 3.05) is 28.6 Å². The molecule has 5 rings (SSSR count). The van der Waals surface area contributed by atoms with Crippen molar-refractivity contribution in [2.45, 2.75) is 103 Å². The van der Waals surface area contributed by atoms with E-state index < -0.39 is 23.0 Å². The number of anilines is 4. The van der Waals surface area contributed by atoms with Gasteiger partial charge in [0.05, 0.1) is 5.41 Å². The number of carbonyl (C=O) groups is 3. The molecule has 11 nitrogen and oxygen atoms in total. The van der Waals surface area contributed by atoms with Crippen LogP contribution in [0.4, 0.5) is 27.9 Å². The number of nitrogens with one attached hydrogen (secondary N) is 3. The first-order chi connectivity index (χ1) is 19.8. The van der Waals surface area contributed by atoms with E-state index in [-0.39, 0.29) is 17.5 Å². The van der Waals surface area contributed by atoms with Gasteiger partial charge in [0.15, 0.2) is 0 Å². The molecule has 1 aromatic heterocycles. The third-order valence-electron chi connectivity index (χ3n) is 8.42. The number of primary amides is 1. The van der Waals surface area contributed by atoms with Crippen molar-refractivity contribution in [2.24, 2.45) is 5.73 Å². The fourth-order valence-corrected chi connectivity index (χ4v) is 6.18. The molecule has 0 spiro atoms. The highest BCUT2D eigenvalue weighted by molar-refractivity contribution is 6.07. The third kappa shape index (κ3) is 6.29. The highest BCUT2D eigenvalue weighted by atomic mass is 16.6. The van der Waals surface area contributed by atoms with Crippen molar-refractivity contribution in [3.8, 4) is 0 Å². The monoisotopic (exact) mass is 577 g/mol. The molecule has 2 aromatic rings. The molecule has 226 valence electrons. The first-order valence-corrected chi connectivity index (χ1v) is 15.0. The lowest BCUT2D eigenvalue weighted by Crippen LogP contribution is -2.49. The molecule has 42 heavy (non-hydrogen) atoms. The number of aromatic nitrogens is 2. The number of ether oxygens (including phenoxy) is 1. The number of nitrogens with zero attached hydrogens (tertiary/aromatic N) is 3. The molecule has 2 fully saturated rings. The fraction of sp³-hybridized carbons (Fsp3) is 0.581. The Labute approximate surface area is 247 Å². The summed E-state index contributed by atoms with van der Waals surface area (Å²) in [5.41, 5.74) is 8.34. The van der Waals surface area contributed by atoms with E-state index in [9.17, 15) is 14.4 Å². The molecule has 1 aromatic carbocycles. The number of fused-ring (bicyclic) bond motifs is 1. The Morgan fingerprint density at radius 3 is 2.55 bits per heavy atom. The Morgan fingerprint density at radius 2 is 1.86 bits per heavy atom. The summed E-state index contributed by atoms with van der Waals surface area (Å²) in [6.45, 7) is 10.6. The van der Waals surface area contributed by atoms with Crippen LogP contribution in [0.3, 0.4) is 0 Å². The van der Waals surface area contributed by atoms with Crippen molar-refractivity contribution in [3.05, 3.63) is 35.0 Å². The summed E-state index contributed by atoms with van der Waals surface area (Å²) in [5, 5.41) is 9.45. The van der Waals surface area contributed by atoms with Gasteiger partial charge < -0.3 is 31.3 Å². The summed E-state index contributed by atoms with van der Waals surface area (Å²) in [6, 6.07) is 3.91. The van der Waals surface area contributed by atoms with E-state index in [2.05, 4.69) is 27.0 Å². The van der Waals surface area contributed by atoms with E-state index in [0.717, 1.165) is 61.0 Å². The van der Waals surface area contributed by atoms with Gasteiger partial charge in [0.1, 0.15) is 17.0 Å². The van der Waals surface area contributed by atoms with Crippen molar-refractivity contribution in [1.82, 2.24) is 15.3 Å². The van der Waals surface area contributed by atoms with Gasteiger partial charge in [-0.3, -0.25) is 9.59 Å². The number of piperidine rings is 1. The number of carbonyl (C=O) groups excluding carboxylic acids is 3. The van der Waals surface area contributed by atoms with E-state index >= 15 is 0 Å². The van der Waals surface area contributed by atoms with Crippen LogP contribution >= 0.6 is 0 Å². The lowest BCUT2D eigenvalue weighted by molar-refractivity contribution is -0.119. The van der Waals surface area contributed by atoms with Crippen LogP contribution in [-0.4, -0.2) is 52.6 Å². The average molecular weight is 578 g/mol. The highest BCUT2D eigenvalue weighted by Crippen LogP contribution is 2.47. The Kier molecular flexibility index (Phi) is 8.04. The van der Waals surface area contributed by atoms with E-state index in [0.29, 0.717) is 30.8 Å². The summed E-state index contributed by atoms with van der Waals surface area (Å²) in [6.07, 6.45) is 8.32. The van der Waals surface area contributed by atoms with Crippen molar-refractivity contribution in [1.29, 1.82) is 0 Å². The maximum absolute atomic E-state index is 12.9. The molecule has 1 aliphatic carbocycles. The molecule has 11 heteroatoms. The number of alkyl carbamates (subject to hydrolysis) is 1. The van der Waals surface area contributed by atoms with Crippen molar-refractivity contribution >= 4 is 41.0 Å². The molecule has 1 atom stereocenters. The van der Waals surface area contributed by atoms with Crippen LogP contribution in [-0.2, 0) is 14.9 Å². The van der Waals surface area contributed by atoms with Crippen LogP contribution in [0.25, 0.3) is 0 Å². The number of hydrogen-bond acceptors (Lipinski definition) is 8. The minimum absolute atomic E-state index is 0.0199. The van der Waals surface area contributed by atoms with Crippen LogP contribution < -0.4 is 26.6 Å². The van der Waals surface area contributed by atoms with Crippen molar-refractivity contribution in [3.63, 3.8) is 0 Å². The summed E-state index contributed by atoms with van der Waals surface area (Å²) in [4.78, 5) is 48.9. The first kappa shape index (κ1) is 29.6. The lowest BCUT2D eigenvalue weighted by Gasteiger charge is -2.33. The predicted molar refractivity (Wildman–Crippen MR) is 162 cm³/mol. The predicted octanol–water partition coefficient (Wildman–Crippen LogP) is 5.09. The Hall–Kier alpha value is -3.89. The van der Waals surface area contributed by atoms with E-state index in [4.69, 9.17) is 15.5 Å². The van der Waals surface area contributed by atoms with Gasteiger partial charge in [-0.25, -0.2) is 9.78 Å². The molecule has 0 unspecified atom stereocenters. The second-order valence-electron chi connectivity index (χ2n) is 13.3. The number of hydrogen-bond donors (Lipinski definition) is 4. The van der Waals surface area contributed by atoms with Crippen LogP contribution in [0.5, 0.6) is 0 Å². The minimum Gasteiger partial charge on any atom is -0.444 e. The SMILES string of the molecule is CC(C)(C)OC(=O)N[C@H]1CCCN(c2ncc(C(N)=O)c(Nc3cc(C4CCCCC4)c4c(c3)C(C)(C)C(=O)N4)n2)C1. The molecular formula is C31H43N7O4. The molecule has 1 saturated carbocycles. The number of benzene rings is 1. The minimum atomic E-state index is -0.691. The van der Waals surface area contributed by atoms with Crippen LogP contribution in [0.2, 0.25) is 0 Å². The van der Waals surface area contributed by atoms with Gasteiger partial charge >= 0.3 is 6.09 Å². The Morgan fingerprint density at radius 1 is 1.12 bits per heavy atom. The molecule has 3 aliphatic rings. The number of amides is 3. The van der Waals surface area contributed by atoms with E-state index in [1.807, 2.05) is 45.6 Å². The standard InChI is InChI=1S/C31H43N7O4/c1-30(2,3)42-29(41)35-19-12-9-13-38(17-19)28-33-16-22(25(32)39)26(37-28)34-20-14-21(18-10-7-6-8-11-18)24-23(15-20)31(4,5)27(40)36-24/h14-16,18-19H,6-13,17H2,1-5H3,(H2,32,39)(H,35,41)(H,36,40)(H,33,34,37)/t19-/m0/s1. The second kappa shape index (κ2) is 11.4. The van der Waals surface area contributed by atoms with Gasteiger partial charge in [0, 0.05) is 36.7 Å². The molecule has 3 heterocycles. The third-order valence-corrected chi connectivity index (χ3v) is 8.42. The molecular weight excluding hydrogens is 534 g/mol. The average Bonchev–Trinajstić information content (AvgIpc) is 3.15. The van der Waals surface area contributed by atoms with Gasteiger partial charge in [-0.1, -0.05) is 19.3 Å². The summed E-state index contributed by atoms with van der Waals surface area (Å²) >= 11 is 0. The molecule has 0 bridgehead atoms. The summed E-state index contributed by atoms with van der Waals surface area (Å²) in [7, 11) is 0. The molecule has 3 amide bonds. The van der Waals surface area contributed by atoms with Crippen molar-refractivity contribution < 1.29 is 19.1 Å². The van der Waals surface area contributed by atoms with Crippen LogP contribution in [0.15, 0.2) is 18.3 Å². The summed E-state index contributed by atoms with van der Waals surface area (Å²) in [5.74, 6) is 0.428. The van der Waals surface area contributed by atoms with E-state index in [1.54, 1.807) is 0 Å². The van der Waals surface area contributed by atoms with Gasteiger partial charge in [-0.15, -0.1) is 0 Å². The van der Waals surface area contributed by atoms with Crippen LogP contribution in [0.1, 0.15) is 107 Å². The van der Waals surface area contributed by atoms with E-state index in [1.165, 1.54) is 12.6 Å². The Balaban J connectivity index is 1.44. The lowest BCUT2D eigenvalue weighted by atomic mass is 9.79. The van der Waals surface area contributed by atoms with Gasteiger partial charge in [-0.05, 0) is 89.5 Å². The van der Waals surface area contributed by atoms with Crippen LogP contribution in [0, 0.1) is 0 Å². The zero-order valence-corrected chi connectivity index (χ0v) is 25.3. The number of rotatable bonds is 6. The maximum atomic E-state index is 12.9. The normalized spacial score (nSPS) is 20.5.